The number of carboxylic acid groups (broad SMARTS) is 1. The summed E-state index contributed by atoms with van der Waals surface area (Å²) in [6, 6.07) is 0.890. The summed E-state index contributed by atoms with van der Waals surface area (Å²) in [5, 5.41) is 15.4. The highest BCUT2D eigenvalue weighted by atomic mass is 32.1. The molecule has 1 amide bonds. The second-order valence-electron chi connectivity index (χ2n) is 4.05. The lowest BCUT2D eigenvalue weighted by molar-refractivity contribution is -0.141. The zero-order valence-electron chi connectivity index (χ0n) is 10.00. The van der Waals surface area contributed by atoms with Crippen LogP contribution < -0.4 is 5.32 Å². The summed E-state index contributed by atoms with van der Waals surface area (Å²) < 4.78 is 0. The van der Waals surface area contributed by atoms with Gasteiger partial charge in [0.2, 0.25) is 5.91 Å². The number of carbonyl (C=O) groups is 2. The number of amides is 1. The molecule has 7 heteroatoms. The fourth-order valence-corrected chi connectivity index (χ4v) is 2.31. The maximum atomic E-state index is 11.8. The molecule has 0 saturated carbocycles. The molecule has 2 rings (SSSR count). The minimum Gasteiger partial charge on any atom is -0.480 e. The first-order valence-electron chi connectivity index (χ1n) is 5.65. The number of aromatic amines is 1. The average Bonchev–Trinajstić information content (AvgIpc) is 3.00. The van der Waals surface area contributed by atoms with Crippen molar-refractivity contribution >= 4 is 23.2 Å². The quantitative estimate of drug-likeness (QED) is 0.729. The second kappa shape index (κ2) is 6.14. The Morgan fingerprint density at radius 3 is 2.95 bits per heavy atom. The number of aliphatic carboxylic acids is 1. The first-order chi connectivity index (χ1) is 9.15. The van der Waals surface area contributed by atoms with Gasteiger partial charge in [-0.1, -0.05) is 0 Å². The van der Waals surface area contributed by atoms with Gasteiger partial charge in [0.05, 0.1) is 12.7 Å². The highest BCUT2D eigenvalue weighted by Gasteiger charge is 2.21. The van der Waals surface area contributed by atoms with Crippen molar-refractivity contribution in [1.82, 2.24) is 15.3 Å². The highest BCUT2D eigenvalue weighted by Crippen LogP contribution is 2.07. The summed E-state index contributed by atoms with van der Waals surface area (Å²) in [6.07, 6.45) is 3.39. The fourth-order valence-electron chi connectivity index (χ4n) is 1.64. The molecule has 0 spiro atoms. The Bertz CT molecular complexity index is 537. The molecular weight excluding hydrogens is 266 g/mol. The number of nitrogens with zero attached hydrogens (tertiary/aromatic N) is 1. The van der Waals surface area contributed by atoms with Gasteiger partial charge in [-0.15, -0.1) is 0 Å². The van der Waals surface area contributed by atoms with Crippen LogP contribution in [0.15, 0.2) is 29.4 Å². The number of H-pyrrole nitrogens is 1. The minimum absolute atomic E-state index is 0.185. The van der Waals surface area contributed by atoms with Crippen molar-refractivity contribution in [2.24, 2.45) is 0 Å². The minimum atomic E-state index is -1.06. The molecule has 1 atom stereocenters. The van der Waals surface area contributed by atoms with E-state index in [0.717, 1.165) is 5.56 Å². The molecule has 0 aliphatic carbocycles. The van der Waals surface area contributed by atoms with Crippen molar-refractivity contribution in [2.45, 2.75) is 18.9 Å². The summed E-state index contributed by atoms with van der Waals surface area (Å²) in [5.41, 5.74) is 1.55. The zero-order valence-corrected chi connectivity index (χ0v) is 10.8. The molecule has 0 saturated heterocycles. The summed E-state index contributed by atoms with van der Waals surface area (Å²) >= 11 is 1.50. The van der Waals surface area contributed by atoms with Gasteiger partial charge in [-0.05, 0) is 22.4 Å². The highest BCUT2D eigenvalue weighted by molar-refractivity contribution is 7.07. The molecule has 0 fully saturated rings. The predicted octanol–water partition coefficient (Wildman–Crippen LogP) is 0.826. The van der Waals surface area contributed by atoms with Crippen LogP contribution in [-0.2, 0) is 22.4 Å². The molecule has 2 aromatic rings. The van der Waals surface area contributed by atoms with Crippen molar-refractivity contribution in [2.75, 3.05) is 0 Å². The third-order valence-electron chi connectivity index (χ3n) is 2.56. The largest absolute Gasteiger partial charge is 0.480 e. The molecule has 100 valence electrons. The Labute approximate surface area is 113 Å². The van der Waals surface area contributed by atoms with E-state index in [4.69, 9.17) is 5.11 Å². The van der Waals surface area contributed by atoms with Crippen LogP contribution in [0.25, 0.3) is 0 Å². The van der Waals surface area contributed by atoms with E-state index < -0.39 is 12.0 Å². The van der Waals surface area contributed by atoms with Crippen molar-refractivity contribution in [3.05, 3.63) is 40.6 Å². The number of hydrogen-bond acceptors (Lipinski definition) is 4. The van der Waals surface area contributed by atoms with E-state index in [0.29, 0.717) is 5.69 Å². The van der Waals surface area contributed by atoms with Gasteiger partial charge in [0, 0.05) is 18.3 Å². The van der Waals surface area contributed by atoms with Gasteiger partial charge in [-0.3, -0.25) is 4.79 Å². The van der Waals surface area contributed by atoms with Crippen LogP contribution in [0, 0.1) is 0 Å². The number of thiophene rings is 1. The summed E-state index contributed by atoms with van der Waals surface area (Å²) in [7, 11) is 0. The normalized spacial score (nSPS) is 12.0. The van der Waals surface area contributed by atoms with Gasteiger partial charge in [0.15, 0.2) is 0 Å². The third kappa shape index (κ3) is 3.92. The zero-order chi connectivity index (χ0) is 13.7. The van der Waals surface area contributed by atoms with E-state index in [1.807, 2.05) is 16.8 Å². The Morgan fingerprint density at radius 1 is 1.53 bits per heavy atom. The van der Waals surface area contributed by atoms with E-state index in [9.17, 15) is 9.59 Å². The van der Waals surface area contributed by atoms with Crippen LogP contribution in [0.1, 0.15) is 11.3 Å². The molecular formula is C12H13N3O3S. The van der Waals surface area contributed by atoms with Gasteiger partial charge in [-0.2, -0.15) is 11.3 Å². The predicted molar refractivity (Wildman–Crippen MR) is 69.9 cm³/mol. The standard InChI is InChI=1S/C12H13N3O3S/c16-11(3-8-1-2-19-6-8)15-10(12(17)18)4-9-5-13-7-14-9/h1-2,5-7,10H,3-4H2,(H,13,14)(H,15,16)(H,17,18)/t10-/m0/s1. The molecule has 2 aromatic heterocycles. The number of aromatic nitrogens is 2. The van der Waals surface area contributed by atoms with E-state index in [-0.39, 0.29) is 18.7 Å². The van der Waals surface area contributed by atoms with Crippen molar-refractivity contribution < 1.29 is 14.7 Å². The molecule has 0 aromatic carbocycles. The smallest absolute Gasteiger partial charge is 0.326 e. The number of carbonyl (C=O) groups excluding carboxylic acids is 1. The monoisotopic (exact) mass is 279 g/mol. The van der Waals surface area contributed by atoms with E-state index >= 15 is 0 Å². The maximum absolute atomic E-state index is 11.8. The molecule has 0 unspecified atom stereocenters. The Morgan fingerprint density at radius 2 is 2.37 bits per heavy atom. The summed E-state index contributed by atoms with van der Waals surface area (Å²) in [6.45, 7) is 0. The van der Waals surface area contributed by atoms with Gasteiger partial charge in [0.1, 0.15) is 6.04 Å². The van der Waals surface area contributed by atoms with Gasteiger partial charge < -0.3 is 15.4 Å². The number of hydrogen-bond donors (Lipinski definition) is 3. The topological polar surface area (TPSA) is 95.1 Å². The van der Waals surface area contributed by atoms with Crippen LogP contribution >= 0.6 is 11.3 Å². The first-order valence-corrected chi connectivity index (χ1v) is 6.60. The molecule has 6 nitrogen and oxygen atoms in total. The summed E-state index contributed by atoms with van der Waals surface area (Å²) in [5.74, 6) is -1.36. The molecule has 3 N–H and O–H groups in total. The first kappa shape index (κ1) is 13.3. The van der Waals surface area contributed by atoms with E-state index in [2.05, 4.69) is 15.3 Å². The van der Waals surface area contributed by atoms with Gasteiger partial charge in [-0.25, -0.2) is 9.78 Å². The van der Waals surface area contributed by atoms with Crippen LogP contribution in [0.5, 0.6) is 0 Å². The van der Waals surface area contributed by atoms with Crippen LogP contribution in [-0.4, -0.2) is 33.0 Å². The Balaban J connectivity index is 1.93. The average molecular weight is 279 g/mol. The number of rotatable bonds is 6. The van der Waals surface area contributed by atoms with Crippen molar-refractivity contribution in [1.29, 1.82) is 0 Å². The SMILES string of the molecule is O=C(Cc1ccsc1)N[C@@H](Cc1cnc[nH]1)C(=O)O. The van der Waals surface area contributed by atoms with E-state index in [1.54, 1.807) is 6.20 Å². The fraction of sp³-hybridized carbons (Fsp3) is 0.250. The number of carboxylic acids is 1. The molecule has 19 heavy (non-hydrogen) atoms. The molecule has 0 aliphatic heterocycles. The Hall–Kier alpha value is -2.15. The van der Waals surface area contributed by atoms with E-state index in [1.165, 1.54) is 17.7 Å². The molecule has 0 radical (unpaired) electrons. The lowest BCUT2D eigenvalue weighted by Crippen LogP contribution is -2.43. The lowest BCUT2D eigenvalue weighted by Gasteiger charge is -2.13. The maximum Gasteiger partial charge on any atom is 0.326 e. The molecule has 0 aliphatic rings. The molecule has 2 heterocycles. The van der Waals surface area contributed by atoms with Crippen molar-refractivity contribution in [3.8, 4) is 0 Å². The molecule has 0 bridgehead atoms. The lowest BCUT2D eigenvalue weighted by atomic mass is 10.1. The van der Waals surface area contributed by atoms with Crippen LogP contribution in [0.2, 0.25) is 0 Å². The Kier molecular flexibility index (Phi) is 4.30. The second-order valence-corrected chi connectivity index (χ2v) is 4.83. The number of imidazole rings is 1. The van der Waals surface area contributed by atoms with Crippen molar-refractivity contribution in [3.63, 3.8) is 0 Å². The van der Waals surface area contributed by atoms with Gasteiger partial charge in [0.25, 0.3) is 0 Å². The van der Waals surface area contributed by atoms with Gasteiger partial charge >= 0.3 is 5.97 Å². The van der Waals surface area contributed by atoms with Crippen LogP contribution in [0.3, 0.4) is 0 Å². The van der Waals surface area contributed by atoms with Crippen LogP contribution in [0.4, 0.5) is 0 Å². The third-order valence-corrected chi connectivity index (χ3v) is 3.29. The number of nitrogens with one attached hydrogen (secondary N) is 2. The summed E-state index contributed by atoms with van der Waals surface area (Å²) in [4.78, 5) is 29.5.